The van der Waals surface area contributed by atoms with E-state index in [0.717, 1.165) is 37.1 Å². The summed E-state index contributed by atoms with van der Waals surface area (Å²) in [7, 11) is -1.28. The number of urea groups is 1. The number of ether oxygens (including phenoxy) is 1. The van der Waals surface area contributed by atoms with Gasteiger partial charge in [-0.1, -0.05) is 49.4 Å². The van der Waals surface area contributed by atoms with Gasteiger partial charge in [-0.25, -0.2) is 9.78 Å². The highest BCUT2D eigenvalue weighted by Crippen LogP contribution is 2.28. The Balaban J connectivity index is 1.62. The number of amides is 2. The summed E-state index contributed by atoms with van der Waals surface area (Å²) in [5.74, 6) is 0.458. The number of anilines is 1. The highest BCUT2D eigenvalue weighted by molar-refractivity contribution is 6.76. The van der Waals surface area contributed by atoms with Crippen LogP contribution < -0.4 is 21.9 Å². The highest BCUT2D eigenvalue weighted by Gasteiger charge is 2.23. The van der Waals surface area contributed by atoms with Crippen molar-refractivity contribution in [3.63, 3.8) is 0 Å². The topological polar surface area (TPSA) is 124 Å². The van der Waals surface area contributed by atoms with Gasteiger partial charge < -0.3 is 21.1 Å². The lowest BCUT2D eigenvalue weighted by atomic mass is 9.91. The maximum atomic E-state index is 13.7. The first-order chi connectivity index (χ1) is 17.6. The molecule has 4 rings (SSSR count). The molecule has 9 nitrogen and oxygen atoms in total. The Morgan fingerprint density at radius 3 is 2.54 bits per heavy atom. The van der Waals surface area contributed by atoms with Gasteiger partial charge in [-0.2, -0.15) is 4.98 Å². The third-order valence-corrected chi connectivity index (χ3v) is 8.65. The molecular weight excluding hydrogens is 508 g/mol. The van der Waals surface area contributed by atoms with Crippen molar-refractivity contribution >= 4 is 42.7 Å². The van der Waals surface area contributed by atoms with Gasteiger partial charge in [0.1, 0.15) is 12.4 Å². The van der Waals surface area contributed by atoms with Crippen molar-refractivity contribution < 1.29 is 9.53 Å². The summed E-state index contributed by atoms with van der Waals surface area (Å²) in [6.07, 6.45) is 5.08. The Morgan fingerprint density at radius 1 is 1.16 bits per heavy atom. The third kappa shape index (κ3) is 7.09. The number of hydrogen-bond donors (Lipinski definition) is 3. The molecule has 1 saturated carbocycles. The SMILES string of the molecule is C[Si](C)(C)CCOCn1c(=O)c(-c2ccccc2Cl)cc2cnc(NC3CCC(NC(N)=O)CC3)nc21. The maximum Gasteiger partial charge on any atom is 0.312 e. The maximum absolute atomic E-state index is 13.7. The average Bonchev–Trinajstić information content (AvgIpc) is 2.83. The molecule has 4 N–H and O–H groups in total. The number of carbonyl (C=O) groups is 1. The number of pyridine rings is 1. The van der Waals surface area contributed by atoms with E-state index in [2.05, 4.69) is 35.3 Å². The van der Waals surface area contributed by atoms with Gasteiger partial charge in [0, 0.05) is 54.5 Å². The van der Waals surface area contributed by atoms with Gasteiger partial charge in [0.05, 0.1) is 0 Å². The second-order valence-electron chi connectivity index (χ2n) is 10.8. The lowest BCUT2D eigenvalue weighted by Crippen LogP contribution is -2.42. The molecule has 1 fully saturated rings. The smallest absolute Gasteiger partial charge is 0.312 e. The lowest BCUT2D eigenvalue weighted by molar-refractivity contribution is 0.0876. The van der Waals surface area contributed by atoms with Gasteiger partial charge in [-0.05, 0) is 43.9 Å². The van der Waals surface area contributed by atoms with E-state index >= 15 is 0 Å². The molecule has 2 amide bonds. The van der Waals surface area contributed by atoms with E-state index in [1.807, 2.05) is 18.2 Å². The Labute approximate surface area is 222 Å². The fraction of sp³-hybridized carbons (Fsp3) is 0.462. The summed E-state index contributed by atoms with van der Waals surface area (Å²) in [6, 6.07) is 9.86. The van der Waals surface area contributed by atoms with Crippen LogP contribution in [0, 0.1) is 0 Å². The molecule has 0 bridgehead atoms. The van der Waals surface area contributed by atoms with Gasteiger partial charge in [0.15, 0.2) is 0 Å². The van der Waals surface area contributed by atoms with Crippen LogP contribution in [0.4, 0.5) is 10.7 Å². The van der Waals surface area contributed by atoms with Crippen LogP contribution in [-0.2, 0) is 11.5 Å². The second kappa shape index (κ2) is 11.6. The van der Waals surface area contributed by atoms with Crippen LogP contribution in [0.3, 0.4) is 0 Å². The predicted molar refractivity (Wildman–Crippen MR) is 151 cm³/mol. The quantitative estimate of drug-likeness (QED) is 0.263. The minimum Gasteiger partial charge on any atom is -0.361 e. The summed E-state index contributed by atoms with van der Waals surface area (Å²) in [4.78, 5) is 34.1. The van der Waals surface area contributed by atoms with Gasteiger partial charge in [-0.15, -0.1) is 0 Å². The fourth-order valence-corrected chi connectivity index (χ4v) is 5.52. The van der Waals surface area contributed by atoms with Crippen molar-refractivity contribution in [1.82, 2.24) is 19.9 Å². The molecule has 1 aliphatic rings. The van der Waals surface area contributed by atoms with Crippen molar-refractivity contribution in [2.45, 2.75) is 70.2 Å². The van der Waals surface area contributed by atoms with Crippen molar-refractivity contribution in [2.75, 3.05) is 11.9 Å². The fourth-order valence-electron chi connectivity index (χ4n) is 4.52. The number of hydrogen-bond acceptors (Lipinski definition) is 6. The van der Waals surface area contributed by atoms with Crippen molar-refractivity contribution in [3.05, 3.63) is 51.9 Å². The van der Waals surface area contributed by atoms with Gasteiger partial charge in [-0.3, -0.25) is 9.36 Å². The molecule has 1 aliphatic carbocycles. The number of primary amides is 1. The van der Waals surface area contributed by atoms with Crippen LogP contribution >= 0.6 is 11.6 Å². The largest absolute Gasteiger partial charge is 0.361 e. The summed E-state index contributed by atoms with van der Waals surface area (Å²) >= 11 is 6.44. The molecule has 2 aromatic heterocycles. The molecule has 0 saturated heterocycles. The van der Waals surface area contributed by atoms with E-state index in [0.29, 0.717) is 34.4 Å². The number of rotatable bonds is 9. The second-order valence-corrected chi connectivity index (χ2v) is 16.8. The number of halogens is 1. The van der Waals surface area contributed by atoms with Gasteiger partial charge >= 0.3 is 6.03 Å². The average molecular weight is 543 g/mol. The first-order valence-corrected chi connectivity index (χ1v) is 16.7. The summed E-state index contributed by atoms with van der Waals surface area (Å²) in [5, 5.41) is 7.41. The molecule has 0 aliphatic heterocycles. The van der Waals surface area contributed by atoms with Gasteiger partial charge in [0.25, 0.3) is 5.56 Å². The highest BCUT2D eigenvalue weighted by atomic mass is 35.5. The Bertz CT molecular complexity index is 1320. The number of nitrogens with zero attached hydrogens (tertiary/aromatic N) is 3. The molecular formula is C26H35ClN6O3Si. The molecule has 0 spiro atoms. The first kappa shape index (κ1) is 27.1. The Kier molecular flexibility index (Phi) is 8.51. The number of aromatic nitrogens is 3. The predicted octanol–water partition coefficient (Wildman–Crippen LogP) is 4.82. The van der Waals surface area contributed by atoms with Crippen molar-refractivity contribution in [1.29, 1.82) is 0 Å². The van der Waals surface area contributed by atoms with E-state index in [1.165, 1.54) is 0 Å². The van der Waals surface area contributed by atoms with Crippen LogP contribution in [0.2, 0.25) is 30.7 Å². The molecule has 198 valence electrons. The minimum absolute atomic E-state index is 0.0924. The van der Waals surface area contributed by atoms with Crippen LogP contribution in [0.5, 0.6) is 0 Å². The molecule has 37 heavy (non-hydrogen) atoms. The molecule has 3 aromatic rings. The van der Waals surface area contributed by atoms with Crippen molar-refractivity contribution in [3.8, 4) is 11.1 Å². The van der Waals surface area contributed by atoms with Crippen molar-refractivity contribution in [2.24, 2.45) is 5.73 Å². The summed E-state index contributed by atoms with van der Waals surface area (Å²) < 4.78 is 7.55. The monoisotopic (exact) mass is 542 g/mol. The molecule has 0 radical (unpaired) electrons. The number of benzene rings is 1. The van der Waals surface area contributed by atoms with Crippen LogP contribution in [0.1, 0.15) is 25.7 Å². The van der Waals surface area contributed by atoms with Crippen LogP contribution in [-0.4, -0.2) is 47.3 Å². The number of carbonyl (C=O) groups excluding carboxylic acids is 1. The van der Waals surface area contributed by atoms with Crippen LogP contribution in [0.15, 0.2) is 41.3 Å². The molecule has 0 atom stereocenters. The third-order valence-electron chi connectivity index (χ3n) is 6.61. The van der Waals surface area contributed by atoms with Gasteiger partial charge in [0.2, 0.25) is 5.95 Å². The first-order valence-electron chi connectivity index (χ1n) is 12.7. The normalized spacial score (nSPS) is 18.1. The van der Waals surface area contributed by atoms with E-state index < -0.39 is 14.1 Å². The number of nitrogens with two attached hydrogens (primary N) is 1. The zero-order valence-electron chi connectivity index (χ0n) is 21.6. The number of nitrogens with one attached hydrogen (secondary N) is 2. The Hall–Kier alpha value is -2.95. The van der Waals surface area contributed by atoms with E-state index in [1.54, 1.807) is 22.9 Å². The molecule has 1 aromatic carbocycles. The Morgan fingerprint density at radius 2 is 1.86 bits per heavy atom. The van der Waals surface area contributed by atoms with E-state index in [-0.39, 0.29) is 24.4 Å². The minimum atomic E-state index is -1.28. The standard InChI is InChI=1S/C26H35ClN6O3Si/c1-37(2,3)13-12-36-16-33-23-17(14-21(24(33)34)20-6-4-5-7-22(20)27)15-29-26(32-23)31-19-10-8-18(9-11-19)30-25(28)35/h4-7,14-15,18-19H,8-13,16H2,1-3H3,(H3,28,30,35)(H,29,31,32). The zero-order valence-corrected chi connectivity index (χ0v) is 23.3. The van der Waals surface area contributed by atoms with E-state index in [9.17, 15) is 9.59 Å². The molecule has 0 unspecified atom stereocenters. The molecule has 2 heterocycles. The summed E-state index contributed by atoms with van der Waals surface area (Å²) in [6.45, 7) is 7.55. The molecule has 11 heteroatoms. The summed E-state index contributed by atoms with van der Waals surface area (Å²) in [5.41, 5.74) is 6.70. The van der Waals surface area contributed by atoms with E-state index in [4.69, 9.17) is 27.1 Å². The van der Waals surface area contributed by atoms with Crippen LogP contribution in [0.25, 0.3) is 22.2 Å². The zero-order chi connectivity index (χ0) is 26.6. The number of fused-ring (bicyclic) bond motifs is 1. The lowest BCUT2D eigenvalue weighted by Gasteiger charge is -2.29.